The number of rotatable bonds is 5. The van der Waals surface area contributed by atoms with E-state index >= 15 is 0 Å². The van der Waals surface area contributed by atoms with Gasteiger partial charge in [0.2, 0.25) is 0 Å². The lowest BCUT2D eigenvalue weighted by atomic mass is 10.1. The zero-order chi connectivity index (χ0) is 17.4. The van der Waals surface area contributed by atoms with Crippen LogP contribution in [-0.2, 0) is 10.8 Å². The molecule has 0 saturated heterocycles. The summed E-state index contributed by atoms with van der Waals surface area (Å²) in [5.74, 6) is -1.41. The number of carboxylic acid groups (broad SMARTS) is 1. The molecule has 2 N–H and O–H groups in total. The predicted octanol–water partition coefficient (Wildman–Crippen LogP) is 4.57. The Labute approximate surface area is 136 Å². The topological polar surface area (TPSA) is 62.3 Å². The Hall–Kier alpha value is -1.66. The first-order chi connectivity index (χ1) is 10.5. The molecule has 1 aromatic carbocycles. The third kappa shape index (κ3) is 3.64. The average Bonchev–Trinajstić information content (AvgIpc) is 2.76. The van der Waals surface area contributed by atoms with Crippen LogP contribution in [0.3, 0.4) is 0 Å². The highest BCUT2D eigenvalue weighted by atomic mass is 28.4. The lowest BCUT2D eigenvalue weighted by Gasteiger charge is -2.36. The van der Waals surface area contributed by atoms with Gasteiger partial charge in [-0.05, 0) is 48.3 Å². The van der Waals surface area contributed by atoms with Gasteiger partial charge in [-0.1, -0.05) is 20.8 Å². The van der Waals surface area contributed by atoms with E-state index in [4.69, 9.17) is 4.43 Å². The molecule has 0 fully saturated rings. The van der Waals surface area contributed by atoms with Gasteiger partial charge in [-0.25, -0.2) is 9.18 Å². The van der Waals surface area contributed by atoms with Crippen molar-refractivity contribution < 1.29 is 18.7 Å². The molecule has 1 aromatic heterocycles. The zero-order valence-electron chi connectivity index (χ0n) is 14.3. The van der Waals surface area contributed by atoms with Crippen molar-refractivity contribution in [1.82, 2.24) is 4.98 Å². The van der Waals surface area contributed by atoms with E-state index < -0.39 is 14.3 Å². The minimum atomic E-state index is -1.89. The van der Waals surface area contributed by atoms with Crippen LogP contribution < -0.4 is 0 Å². The number of fused-ring (bicyclic) bond motifs is 1. The number of aromatic carboxylic acids is 1. The van der Waals surface area contributed by atoms with Gasteiger partial charge in [0.25, 0.3) is 0 Å². The molecular formula is C17H24FNO3Si. The number of aromatic nitrogens is 1. The second-order valence-electron chi connectivity index (χ2n) is 7.33. The van der Waals surface area contributed by atoms with E-state index in [2.05, 4.69) is 38.8 Å². The maximum atomic E-state index is 13.5. The zero-order valence-corrected chi connectivity index (χ0v) is 15.3. The van der Waals surface area contributed by atoms with Gasteiger partial charge in [0.1, 0.15) is 11.5 Å². The number of halogens is 1. The van der Waals surface area contributed by atoms with E-state index in [-0.39, 0.29) is 16.5 Å². The molecule has 0 unspecified atom stereocenters. The fourth-order valence-electron chi connectivity index (χ4n) is 2.29. The molecule has 0 amide bonds. The van der Waals surface area contributed by atoms with Crippen LogP contribution in [0, 0.1) is 5.82 Å². The van der Waals surface area contributed by atoms with Crippen LogP contribution in [-0.4, -0.2) is 31.0 Å². The normalized spacial score (nSPS) is 12.8. The van der Waals surface area contributed by atoms with Crippen molar-refractivity contribution in [2.45, 2.75) is 45.3 Å². The largest absolute Gasteiger partial charge is 0.477 e. The van der Waals surface area contributed by atoms with Crippen LogP contribution >= 0.6 is 0 Å². The van der Waals surface area contributed by atoms with Crippen LogP contribution in [0.25, 0.3) is 10.9 Å². The Kier molecular flexibility index (Phi) is 4.68. The molecule has 2 aromatic rings. The fraction of sp³-hybridized carbons (Fsp3) is 0.471. The molecule has 0 spiro atoms. The molecule has 6 heteroatoms. The van der Waals surface area contributed by atoms with E-state index in [0.717, 1.165) is 0 Å². The van der Waals surface area contributed by atoms with E-state index in [1.54, 1.807) is 6.07 Å². The molecule has 0 radical (unpaired) electrons. The van der Waals surface area contributed by atoms with Crippen molar-refractivity contribution in [2.24, 2.45) is 0 Å². The van der Waals surface area contributed by atoms with E-state index in [0.29, 0.717) is 29.5 Å². The minimum Gasteiger partial charge on any atom is -0.477 e. The second-order valence-corrected chi connectivity index (χ2v) is 12.1. The Morgan fingerprint density at radius 3 is 2.57 bits per heavy atom. The number of carboxylic acids is 1. The maximum absolute atomic E-state index is 13.5. The van der Waals surface area contributed by atoms with Gasteiger partial charge in [-0.2, -0.15) is 0 Å². The highest BCUT2D eigenvalue weighted by Gasteiger charge is 2.37. The highest BCUT2D eigenvalue weighted by Crippen LogP contribution is 2.36. The van der Waals surface area contributed by atoms with Crippen LogP contribution in [0.1, 0.15) is 36.8 Å². The SMILES string of the molecule is CC(C)(C)[Si](C)(C)OCCc1c(C(=O)O)[nH]c2ccc(F)cc12. The number of H-pyrrole nitrogens is 1. The molecule has 0 aliphatic rings. The lowest BCUT2D eigenvalue weighted by Crippen LogP contribution is -2.41. The smallest absolute Gasteiger partial charge is 0.352 e. The van der Waals surface area contributed by atoms with Gasteiger partial charge in [0, 0.05) is 17.5 Å². The molecule has 23 heavy (non-hydrogen) atoms. The van der Waals surface area contributed by atoms with Crippen molar-refractivity contribution in [3.63, 3.8) is 0 Å². The molecule has 1 heterocycles. The number of benzene rings is 1. The van der Waals surface area contributed by atoms with E-state index in [1.165, 1.54) is 12.1 Å². The van der Waals surface area contributed by atoms with Crippen LogP contribution in [0.15, 0.2) is 18.2 Å². The molecule has 0 atom stereocenters. The summed E-state index contributed by atoms with van der Waals surface area (Å²) in [5, 5.41) is 10.1. The van der Waals surface area contributed by atoms with Gasteiger partial charge in [-0.15, -0.1) is 0 Å². The first-order valence-corrected chi connectivity index (χ1v) is 10.6. The molecular weight excluding hydrogens is 313 g/mol. The summed E-state index contributed by atoms with van der Waals surface area (Å²) < 4.78 is 19.6. The molecule has 4 nitrogen and oxygen atoms in total. The summed E-state index contributed by atoms with van der Waals surface area (Å²) in [6, 6.07) is 4.26. The van der Waals surface area contributed by atoms with Gasteiger partial charge in [-0.3, -0.25) is 0 Å². The van der Waals surface area contributed by atoms with Crippen molar-refractivity contribution in [1.29, 1.82) is 0 Å². The van der Waals surface area contributed by atoms with E-state index in [1.807, 2.05) is 0 Å². The third-order valence-electron chi connectivity index (χ3n) is 4.70. The average molecular weight is 337 g/mol. The quantitative estimate of drug-likeness (QED) is 0.786. The fourth-order valence-corrected chi connectivity index (χ4v) is 3.33. The Morgan fingerprint density at radius 2 is 2.00 bits per heavy atom. The van der Waals surface area contributed by atoms with Gasteiger partial charge < -0.3 is 14.5 Å². The number of hydrogen-bond donors (Lipinski definition) is 2. The summed E-state index contributed by atoms with van der Waals surface area (Å²) in [6.07, 6.45) is 0.442. The number of nitrogens with one attached hydrogen (secondary N) is 1. The summed E-state index contributed by atoms with van der Waals surface area (Å²) in [6.45, 7) is 11.2. The third-order valence-corrected chi connectivity index (χ3v) is 9.24. The number of hydrogen-bond acceptors (Lipinski definition) is 2. The van der Waals surface area contributed by atoms with Crippen LogP contribution in [0.5, 0.6) is 0 Å². The van der Waals surface area contributed by atoms with Gasteiger partial charge >= 0.3 is 5.97 Å². The van der Waals surface area contributed by atoms with Gasteiger partial charge in [0.15, 0.2) is 8.32 Å². The molecule has 2 rings (SSSR count). The Balaban J connectivity index is 2.27. The summed E-state index contributed by atoms with van der Waals surface area (Å²) >= 11 is 0. The van der Waals surface area contributed by atoms with Crippen molar-refractivity contribution in [2.75, 3.05) is 6.61 Å². The molecule has 0 bridgehead atoms. The molecule has 126 valence electrons. The van der Waals surface area contributed by atoms with Crippen LogP contribution in [0.2, 0.25) is 18.1 Å². The Morgan fingerprint density at radius 1 is 1.35 bits per heavy atom. The predicted molar refractivity (Wildman–Crippen MR) is 92.1 cm³/mol. The van der Waals surface area contributed by atoms with Crippen molar-refractivity contribution in [3.05, 3.63) is 35.3 Å². The van der Waals surface area contributed by atoms with Crippen molar-refractivity contribution >= 4 is 25.2 Å². The summed E-state index contributed by atoms with van der Waals surface area (Å²) in [5.41, 5.74) is 1.35. The monoisotopic (exact) mass is 337 g/mol. The summed E-state index contributed by atoms with van der Waals surface area (Å²) in [4.78, 5) is 14.3. The number of aromatic amines is 1. The number of carbonyl (C=O) groups is 1. The highest BCUT2D eigenvalue weighted by molar-refractivity contribution is 6.74. The standard InChI is InChI=1S/C17H24FNO3Si/c1-17(2,3)23(4,5)22-9-8-12-13-10-11(18)6-7-14(13)19-15(12)16(20)21/h6-7,10,19H,8-9H2,1-5H3,(H,20,21). The molecule has 0 aliphatic carbocycles. The lowest BCUT2D eigenvalue weighted by molar-refractivity contribution is 0.0690. The van der Waals surface area contributed by atoms with E-state index in [9.17, 15) is 14.3 Å². The minimum absolute atomic E-state index is 0.0922. The van der Waals surface area contributed by atoms with Crippen molar-refractivity contribution in [3.8, 4) is 0 Å². The maximum Gasteiger partial charge on any atom is 0.352 e. The first-order valence-electron chi connectivity index (χ1n) is 7.70. The molecule has 0 saturated carbocycles. The first kappa shape index (κ1) is 17.7. The summed E-state index contributed by atoms with van der Waals surface area (Å²) in [7, 11) is -1.89. The Bertz CT molecular complexity index is 731. The molecule has 0 aliphatic heterocycles. The van der Waals surface area contributed by atoms with Gasteiger partial charge in [0.05, 0.1) is 0 Å². The van der Waals surface area contributed by atoms with Crippen LogP contribution in [0.4, 0.5) is 4.39 Å². The second kappa shape index (κ2) is 6.09.